The van der Waals surface area contributed by atoms with Crippen molar-refractivity contribution in [3.05, 3.63) is 39.7 Å². The van der Waals surface area contributed by atoms with Crippen molar-refractivity contribution in [2.45, 2.75) is 46.1 Å². The number of nitrogens with two attached hydrogens (primary N) is 1. The summed E-state index contributed by atoms with van der Waals surface area (Å²) in [6.45, 7) is 9.36. The summed E-state index contributed by atoms with van der Waals surface area (Å²) in [6.07, 6.45) is 0. The predicted octanol–water partition coefficient (Wildman–Crippen LogP) is 4.52. The molecule has 2 aromatic rings. The summed E-state index contributed by atoms with van der Waals surface area (Å²) >= 11 is 1.74. The van der Waals surface area contributed by atoms with Gasteiger partial charge in [0.25, 0.3) is 0 Å². The first-order valence-electron chi connectivity index (χ1n) is 6.83. The van der Waals surface area contributed by atoms with Crippen LogP contribution in [-0.2, 0) is 6.54 Å². The van der Waals surface area contributed by atoms with Crippen LogP contribution in [0, 0.1) is 0 Å². The van der Waals surface area contributed by atoms with Crippen LogP contribution in [0.15, 0.2) is 24.3 Å². The summed E-state index contributed by atoms with van der Waals surface area (Å²) in [6, 6.07) is 8.75. The highest BCUT2D eigenvalue weighted by Crippen LogP contribution is 2.34. The van der Waals surface area contributed by atoms with E-state index in [1.54, 1.807) is 11.3 Å². The number of hydrogen-bond acceptors (Lipinski definition) is 3. The van der Waals surface area contributed by atoms with Gasteiger partial charge >= 0.3 is 0 Å². The second-order valence-corrected chi connectivity index (χ2v) is 6.57. The number of thiazole rings is 1. The maximum absolute atomic E-state index is 5.72. The molecule has 0 saturated carbocycles. The Kier molecular flexibility index (Phi) is 4.38. The monoisotopic (exact) mass is 274 g/mol. The van der Waals surface area contributed by atoms with E-state index in [9.17, 15) is 0 Å². The molecule has 3 heteroatoms. The Hall–Kier alpha value is -1.19. The first-order chi connectivity index (χ1) is 9.02. The molecule has 2 rings (SSSR count). The summed E-state index contributed by atoms with van der Waals surface area (Å²) < 4.78 is 0. The van der Waals surface area contributed by atoms with Crippen molar-refractivity contribution in [2.75, 3.05) is 0 Å². The van der Waals surface area contributed by atoms with Crippen LogP contribution >= 0.6 is 11.3 Å². The van der Waals surface area contributed by atoms with Crippen molar-refractivity contribution in [3.63, 3.8) is 0 Å². The van der Waals surface area contributed by atoms with E-state index in [1.165, 1.54) is 16.0 Å². The molecule has 1 aromatic heterocycles. The Bertz CT molecular complexity index is 538. The van der Waals surface area contributed by atoms with Gasteiger partial charge < -0.3 is 5.73 Å². The first-order valence-corrected chi connectivity index (χ1v) is 7.64. The lowest BCUT2D eigenvalue weighted by molar-refractivity contribution is 0.866. The minimum Gasteiger partial charge on any atom is -0.325 e. The van der Waals surface area contributed by atoms with Gasteiger partial charge in [-0.1, -0.05) is 52.0 Å². The average Bonchev–Trinajstić information content (AvgIpc) is 2.83. The largest absolute Gasteiger partial charge is 0.325 e. The van der Waals surface area contributed by atoms with Gasteiger partial charge in [0.2, 0.25) is 0 Å². The Morgan fingerprint density at radius 2 is 1.68 bits per heavy atom. The van der Waals surface area contributed by atoms with Crippen molar-refractivity contribution in [1.82, 2.24) is 4.98 Å². The summed E-state index contributed by atoms with van der Waals surface area (Å²) in [5, 5.41) is 1.02. The third-order valence-electron chi connectivity index (χ3n) is 3.25. The normalized spacial score (nSPS) is 11.5. The van der Waals surface area contributed by atoms with Gasteiger partial charge in [0, 0.05) is 17.0 Å². The Balaban J connectivity index is 2.42. The fourth-order valence-corrected chi connectivity index (χ4v) is 3.06. The lowest BCUT2D eigenvalue weighted by Gasteiger charge is -2.08. The Labute approximate surface area is 119 Å². The van der Waals surface area contributed by atoms with Crippen molar-refractivity contribution in [3.8, 4) is 11.3 Å². The van der Waals surface area contributed by atoms with Gasteiger partial charge in [-0.05, 0) is 17.4 Å². The van der Waals surface area contributed by atoms with Gasteiger partial charge in [-0.25, -0.2) is 4.98 Å². The fourth-order valence-electron chi connectivity index (χ4n) is 2.09. The van der Waals surface area contributed by atoms with E-state index in [-0.39, 0.29) is 0 Å². The zero-order valence-electron chi connectivity index (χ0n) is 12.1. The average molecular weight is 274 g/mol. The van der Waals surface area contributed by atoms with E-state index in [2.05, 4.69) is 56.9 Å². The lowest BCUT2D eigenvalue weighted by atomic mass is 9.99. The van der Waals surface area contributed by atoms with Crippen LogP contribution in [0.3, 0.4) is 0 Å². The minimum atomic E-state index is 0.484. The molecule has 0 radical (unpaired) electrons. The zero-order chi connectivity index (χ0) is 14.0. The number of rotatable bonds is 4. The molecule has 1 heterocycles. The summed E-state index contributed by atoms with van der Waals surface area (Å²) in [7, 11) is 0. The third-order valence-corrected chi connectivity index (χ3v) is 4.63. The van der Waals surface area contributed by atoms with Crippen LogP contribution in [-0.4, -0.2) is 4.98 Å². The molecule has 0 aliphatic heterocycles. The van der Waals surface area contributed by atoms with Gasteiger partial charge in [0.15, 0.2) is 0 Å². The molecule has 0 spiro atoms. The number of aromatic nitrogens is 1. The second kappa shape index (κ2) is 5.85. The highest BCUT2D eigenvalue weighted by atomic mass is 32.1. The van der Waals surface area contributed by atoms with Crippen LogP contribution < -0.4 is 5.73 Å². The molecule has 0 aliphatic carbocycles. The SMILES string of the molecule is CC(C)c1ccc(-c2nc(CN)sc2C(C)C)cc1. The molecule has 0 unspecified atom stereocenters. The van der Waals surface area contributed by atoms with Crippen LogP contribution in [0.25, 0.3) is 11.3 Å². The lowest BCUT2D eigenvalue weighted by Crippen LogP contribution is -1.94. The molecule has 102 valence electrons. The molecule has 1 aromatic carbocycles. The van der Waals surface area contributed by atoms with E-state index in [4.69, 9.17) is 5.73 Å². The maximum Gasteiger partial charge on any atom is 0.107 e. The van der Waals surface area contributed by atoms with Gasteiger partial charge in [0.05, 0.1) is 5.69 Å². The molecule has 0 saturated heterocycles. The summed E-state index contributed by atoms with van der Waals surface area (Å²) in [5.41, 5.74) is 9.39. The molecule has 0 amide bonds. The zero-order valence-corrected chi connectivity index (χ0v) is 12.9. The summed E-state index contributed by atoms with van der Waals surface area (Å²) in [5.74, 6) is 1.05. The molecule has 0 fully saturated rings. The highest BCUT2D eigenvalue weighted by molar-refractivity contribution is 7.12. The Morgan fingerprint density at radius 1 is 1.05 bits per heavy atom. The molecule has 0 bridgehead atoms. The standard InChI is InChI=1S/C16H22N2S/c1-10(2)12-5-7-13(8-6-12)15-16(11(3)4)19-14(9-17)18-15/h5-8,10-11H,9,17H2,1-4H3. The van der Waals surface area contributed by atoms with Crippen molar-refractivity contribution in [1.29, 1.82) is 0 Å². The molecule has 19 heavy (non-hydrogen) atoms. The molecule has 2 N–H and O–H groups in total. The minimum absolute atomic E-state index is 0.484. The van der Waals surface area contributed by atoms with E-state index < -0.39 is 0 Å². The second-order valence-electron chi connectivity index (χ2n) is 5.46. The van der Waals surface area contributed by atoms with Crippen LogP contribution in [0.2, 0.25) is 0 Å². The topological polar surface area (TPSA) is 38.9 Å². The molecular weight excluding hydrogens is 252 g/mol. The fraction of sp³-hybridized carbons (Fsp3) is 0.438. The van der Waals surface area contributed by atoms with Gasteiger partial charge in [-0.2, -0.15) is 0 Å². The molecule has 0 atom stereocenters. The van der Waals surface area contributed by atoms with Crippen LogP contribution in [0.4, 0.5) is 0 Å². The van der Waals surface area contributed by atoms with Crippen molar-refractivity contribution in [2.24, 2.45) is 5.73 Å². The number of hydrogen-bond donors (Lipinski definition) is 1. The molecule has 2 nitrogen and oxygen atoms in total. The third kappa shape index (κ3) is 3.04. The Morgan fingerprint density at radius 3 is 2.16 bits per heavy atom. The molecular formula is C16H22N2S. The quantitative estimate of drug-likeness (QED) is 0.890. The van der Waals surface area contributed by atoms with E-state index in [1.807, 2.05) is 0 Å². The van der Waals surface area contributed by atoms with Crippen molar-refractivity contribution >= 4 is 11.3 Å². The van der Waals surface area contributed by atoms with Crippen LogP contribution in [0.1, 0.15) is 55.0 Å². The van der Waals surface area contributed by atoms with Crippen LogP contribution in [0.5, 0.6) is 0 Å². The van der Waals surface area contributed by atoms with Gasteiger partial charge in [-0.15, -0.1) is 11.3 Å². The maximum atomic E-state index is 5.72. The van der Waals surface area contributed by atoms with Gasteiger partial charge in [0.1, 0.15) is 5.01 Å². The molecule has 0 aliphatic rings. The predicted molar refractivity (Wildman–Crippen MR) is 83.6 cm³/mol. The van der Waals surface area contributed by atoms with E-state index in [0.29, 0.717) is 18.4 Å². The number of nitrogens with zero attached hydrogens (tertiary/aromatic N) is 1. The first kappa shape index (κ1) is 14.2. The highest BCUT2D eigenvalue weighted by Gasteiger charge is 2.15. The number of benzene rings is 1. The van der Waals surface area contributed by atoms with Crippen molar-refractivity contribution < 1.29 is 0 Å². The summed E-state index contributed by atoms with van der Waals surface area (Å²) in [4.78, 5) is 6.02. The van der Waals surface area contributed by atoms with Gasteiger partial charge in [-0.3, -0.25) is 0 Å². The van der Waals surface area contributed by atoms with E-state index >= 15 is 0 Å². The van der Waals surface area contributed by atoms with E-state index in [0.717, 1.165) is 10.7 Å². The smallest absolute Gasteiger partial charge is 0.107 e.